The quantitative estimate of drug-likeness (QED) is 0.378. The van der Waals surface area contributed by atoms with Gasteiger partial charge in [0, 0.05) is 17.7 Å². The van der Waals surface area contributed by atoms with Gasteiger partial charge >= 0.3 is 0 Å². The minimum atomic E-state index is 0.564. The molecule has 0 radical (unpaired) electrons. The maximum atomic E-state index is 6.08. The highest BCUT2D eigenvalue weighted by Gasteiger charge is 2.10. The number of halogens is 1. The second-order valence-corrected chi connectivity index (χ2v) is 8.20. The van der Waals surface area contributed by atoms with Crippen LogP contribution in [-0.4, -0.2) is 27.1 Å². The Hall–Kier alpha value is -1.63. The van der Waals surface area contributed by atoms with Crippen molar-refractivity contribution in [3.8, 4) is 5.75 Å². The van der Waals surface area contributed by atoms with Gasteiger partial charge < -0.3 is 9.30 Å². The van der Waals surface area contributed by atoms with Crippen LogP contribution in [0.3, 0.4) is 0 Å². The van der Waals surface area contributed by atoms with Crippen molar-refractivity contribution in [1.29, 1.82) is 0 Å². The zero-order chi connectivity index (χ0) is 18.4. The summed E-state index contributed by atoms with van der Waals surface area (Å²) in [4.78, 5) is 1.24. The Bertz CT molecular complexity index is 852. The number of thioether (sulfide) groups is 2. The number of ether oxygens (including phenoxy) is 1. The molecule has 0 saturated heterocycles. The van der Waals surface area contributed by atoms with Crippen molar-refractivity contribution in [2.24, 2.45) is 7.05 Å². The molecule has 0 aliphatic rings. The highest BCUT2D eigenvalue weighted by atomic mass is 35.5. The molecule has 1 aromatic heterocycles. The fraction of sp³-hybridized carbons (Fsp3) is 0.263. The predicted molar refractivity (Wildman–Crippen MR) is 109 cm³/mol. The van der Waals surface area contributed by atoms with E-state index in [-0.39, 0.29) is 0 Å². The molecule has 0 saturated carbocycles. The maximum Gasteiger partial charge on any atom is 0.191 e. The number of benzene rings is 2. The van der Waals surface area contributed by atoms with Crippen LogP contribution in [0.15, 0.2) is 58.6 Å². The van der Waals surface area contributed by atoms with E-state index in [0.717, 1.165) is 22.5 Å². The zero-order valence-corrected chi connectivity index (χ0v) is 17.1. The van der Waals surface area contributed by atoms with E-state index in [2.05, 4.69) is 41.4 Å². The number of para-hydroxylation sites is 1. The fourth-order valence-corrected chi connectivity index (χ4v) is 4.04. The second-order valence-electron chi connectivity index (χ2n) is 5.69. The normalized spacial score (nSPS) is 10.9. The van der Waals surface area contributed by atoms with Crippen molar-refractivity contribution >= 4 is 35.1 Å². The molecule has 4 nitrogen and oxygen atoms in total. The SMILES string of the molecule is Cc1ccc(SCc2nnc(SCCOc3ccccc3Cl)n2C)cc1. The molecule has 136 valence electrons. The molecule has 0 unspecified atom stereocenters. The number of hydrogen-bond donors (Lipinski definition) is 0. The summed E-state index contributed by atoms with van der Waals surface area (Å²) in [5, 5.41) is 10.1. The van der Waals surface area contributed by atoms with Gasteiger partial charge in [0.05, 0.1) is 17.4 Å². The number of aromatic nitrogens is 3. The van der Waals surface area contributed by atoms with Crippen LogP contribution in [0.1, 0.15) is 11.4 Å². The van der Waals surface area contributed by atoms with Gasteiger partial charge in [-0.2, -0.15) is 0 Å². The van der Waals surface area contributed by atoms with E-state index < -0.39 is 0 Å². The average Bonchev–Trinajstić information content (AvgIpc) is 2.99. The van der Waals surface area contributed by atoms with Gasteiger partial charge in [0.2, 0.25) is 0 Å². The molecule has 1 heterocycles. The van der Waals surface area contributed by atoms with Crippen LogP contribution in [0.4, 0.5) is 0 Å². The Labute approximate surface area is 167 Å². The third-order valence-electron chi connectivity index (χ3n) is 3.72. The van der Waals surface area contributed by atoms with Crippen LogP contribution in [0.25, 0.3) is 0 Å². The highest BCUT2D eigenvalue weighted by molar-refractivity contribution is 7.99. The lowest BCUT2D eigenvalue weighted by Gasteiger charge is -2.07. The number of rotatable bonds is 8. The topological polar surface area (TPSA) is 39.9 Å². The first-order valence-electron chi connectivity index (χ1n) is 8.21. The first-order valence-corrected chi connectivity index (χ1v) is 10.6. The summed E-state index contributed by atoms with van der Waals surface area (Å²) in [6.07, 6.45) is 0. The number of nitrogens with zero attached hydrogens (tertiary/aromatic N) is 3. The minimum absolute atomic E-state index is 0.564. The van der Waals surface area contributed by atoms with E-state index in [4.69, 9.17) is 16.3 Å². The molecule has 2 aromatic carbocycles. The molecular weight excluding hydrogens is 386 g/mol. The fourth-order valence-electron chi connectivity index (χ4n) is 2.23. The van der Waals surface area contributed by atoms with Gasteiger partial charge in [0.1, 0.15) is 11.6 Å². The Kier molecular flexibility index (Phi) is 6.88. The van der Waals surface area contributed by atoms with Crippen molar-refractivity contribution in [2.75, 3.05) is 12.4 Å². The molecule has 0 N–H and O–H groups in total. The van der Waals surface area contributed by atoms with E-state index in [1.54, 1.807) is 23.5 Å². The van der Waals surface area contributed by atoms with E-state index in [1.165, 1.54) is 10.5 Å². The molecule has 3 rings (SSSR count). The molecule has 0 aliphatic carbocycles. The molecule has 0 fully saturated rings. The van der Waals surface area contributed by atoms with Gasteiger partial charge in [-0.1, -0.05) is 53.2 Å². The van der Waals surface area contributed by atoms with Gasteiger partial charge in [-0.3, -0.25) is 0 Å². The van der Waals surface area contributed by atoms with Crippen molar-refractivity contribution in [3.63, 3.8) is 0 Å². The van der Waals surface area contributed by atoms with Gasteiger partial charge in [0.25, 0.3) is 0 Å². The Morgan fingerprint density at radius 1 is 1.04 bits per heavy atom. The standard InChI is InChI=1S/C19H20ClN3OS2/c1-14-7-9-15(10-8-14)26-13-18-21-22-19(23(18)2)25-12-11-24-17-6-4-3-5-16(17)20/h3-10H,11-13H2,1-2H3. The predicted octanol–water partition coefficient (Wildman–Crippen LogP) is 5.24. The summed E-state index contributed by atoms with van der Waals surface area (Å²) < 4.78 is 7.75. The smallest absolute Gasteiger partial charge is 0.191 e. The Morgan fingerprint density at radius 3 is 2.58 bits per heavy atom. The van der Waals surface area contributed by atoms with Crippen LogP contribution >= 0.6 is 35.1 Å². The largest absolute Gasteiger partial charge is 0.491 e. The van der Waals surface area contributed by atoms with E-state index in [1.807, 2.05) is 35.9 Å². The molecule has 0 amide bonds. The molecule has 0 atom stereocenters. The highest BCUT2D eigenvalue weighted by Crippen LogP contribution is 2.25. The summed E-state index contributed by atoms with van der Waals surface area (Å²) in [6.45, 7) is 2.66. The lowest BCUT2D eigenvalue weighted by atomic mass is 10.2. The Balaban J connectivity index is 1.47. The summed E-state index contributed by atoms with van der Waals surface area (Å²) in [5.74, 6) is 3.25. The maximum absolute atomic E-state index is 6.08. The van der Waals surface area contributed by atoms with Gasteiger partial charge in [-0.05, 0) is 31.2 Å². The van der Waals surface area contributed by atoms with Crippen LogP contribution in [-0.2, 0) is 12.8 Å². The molecular formula is C19H20ClN3OS2. The summed E-state index contributed by atoms with van der Waals surface area (Å²) >= 11 is 9.48. The molecule has 3 aromatic rings. The summed E-state index contributed by atoms with van der Waals surface area (Å²) in [5.41, 5.74) is 1.27. The zero-order valence-electron chi connectivity index (χ0n) is 14.7. The molecule has 0 aliphatic heterocycles. The van der Waals surface area contributed by atoms with Crippen LogP contribution in [0, 0.1) is 6.92 Å². The monoisotopic (exact) mass is 405 g/mol. The lowest BCUT2D eigenvalue weighted by molar-refractivity contribution is 0.344. The molecule has 26 heavy (non-hydrogen) atoms. The average molecular weight is 406 g/mol. The Morgan fingerprint density at radius 2 is 1.81 bits per heavy atom. The first-order chi connectivity index (χ1) is 12.6. The third-order valence-corrected chi connectivity index (χ3v) is 6.03. The van der Waals surface area contributed by atoms with E-state index in [0.29, 0.717) is 17.4 Å². The molecule has 7 heteroatoms. The van der Waals surface area contributed by atoms with Crippen LogP contribution in [0.2, 0.25) is 5.02 Å². The third kappa shape index (κ3) is 5.19. The lowest BCUT2D eigenvalue weighted by Crippen LogP contribution is -2.03. The van der Waals surface area contributed by atoms with Gasteiger partial charge in [0.15, 0.2) is 5.16 Å². The molecule has 0 spiro atoms. The summed E-state index contributed by atoms with van der Waals surface area (Å²) in [6, 6.07) is 16.0. The van der Waals surface area contributed by atoms with Crippen molar-refractivity contribution in [3.05, 3.63) is 64.9 Å². The van der Waals surface area contributed by atoms with Crippen molar-refractivity contribution < 1.29 is 4.74 Å². The first kappa shape index (κ1) is 19.1. The van der Waals surface area contributed by atoms with Crippen molar-refractivity contribution in [1.82, 2.24) is 14.8 Å². The van der Waals surface area contributed by atoms with Gasteiger partial charge in [-0.15, -0.1) is 22.0 Å². The number of hydrogen-bond acceptors (Lipinski definition) is 5. The second kappa shape index (κ2) is 9.35. The van der Waals surface area contributed by atoms with Crippen molar-refractivity contribution in [2.45, 2.75) is 22.7 Å². The van der Waals surface area contributed by atoms with E-state index in [9.17, 15) is 0 Å². The molecule has 0 bridgehead atoms. The van der Waals surface area contributed by atoms with Crippen LogP contribution in [0.5, 0.6) is 5.75 Å². The number of aryl methyl sites for hydroxylation is 1. The summed E-state index contributed by atoms with van der Waals surface area (Å²) in [7, 11) is 2.00. The van der Waals surface area contributed by atoms with Gasteiger partial charge in [-0.25, -0.2) is 0 Å². The van der Waals surface area contributed by atoms with E-state index >= 15 is 0 Å². The van der Waals surface area contributed by atoms with Crippen LogP contribution < -0.4 is 4.74 Å². The minimum Gasteiger partial charge on any atom is -0.491 e.